The van der Waals surface area contributed by atoms with Gasteiger partial charge in [-0.2, -0.15) is 0 Å². The van der Waals surface area contributed by atoms with Gasteiger partial charge in [-0.05, 0) is 69.4 Å². The van der Waals surface area contributed by atoms with Crippen molar-refractivity contribution in [3.05, 3.63) is 36.4 Å². The number of hydrogen-bond acceptors (Lipinski definition) is 5. The van der Waals surface area contributed by atoms with Crippen LogP contribution in [0.3, 0.4) is 0 Å². The van der Waals surface area contributed by atoms with E-state index in [1.807, 2.05) is 30.3 Å². The molecule has 1 N–H and O–H groups in total. The second kappa shape index (κ2) is 7.74. The van der Waals surface area contributed by atoms with Gasteiger partial charge in [-0.15, -0.1) is 0 Å². The van der Waals surface area contributed by atoms with Crippen molar-refractivity contribution >= 4 is 55.4 Å². The second-order valence-corrected chi connectivity index (χ2v) is 12.3. The SMILES string of the molecule is COc1cc2c(cc1NC(=O)[C@H](C)OC(=O)C13C[C@@H]4C[C@@H](CC(Br)(C4)C1)C3)oc1ccccc12. The van der Waals surface area contributed by atoms with E-state index in [4.69, 9.17) is 13.9 Å². The zero-order valence-corrected chi connectivity index (χ0v) is 20.9. The van der Waals surface area contributed by atoms with E-state index in [0.29, 0.717) is 28.9 Å². The van der Waals surface area contributed by atoms with Crippen molar-refractivity contribution in [2.45, 2.75) is 55.9 Å². The van der Waals surface area contributed by atoms with Gasteiger partial charge in [0.05, 0.1) is 18.2 Å². The van der Waals surface area contributed by atoms with Crippen molar-refractivity contribution in [1.29, 1.82) is 0 Å². The zero-order valence-electron chi connectivity index (χ0n) is 19.4. The van der Waals surface area contributed by atoms with Gasteiger partial charge in [0.2, 0.25) is 0 Å². The summed E-state index contributed by atoms with van der Waals surface area (Å²) in [5.41, 5.74) is 1.44. The molecule has 0 aliphatic heterocycles. The van der Waals surface area contributed by atoms with E-state index >= 15 is 0 Å². The molecule has 1 amide bonds. The average molecular weight is 526 g/mol. The smallest absolute Gasteiger partial charge is 0.312 e. The van der Waals surface area contributed by atoms with Crippen molar-refractivity contribution < 1.29 is 23.5 Å². The van der Waals surface area contributed by atoms with Crippen LogP contribution in [-0.4, -0.2) is 29.4 Å². The van der Waals surface area contributed by atoms with Crippen LogP contribution in [-0.2, 0) is 14.3 Å². The lowest BCUT2D eigenvalue weighted by Crippen LogP contribution is -2.56. The quantitative estimate of drug-likeness (QED) is 0.317. The number of para-hydroxylation sites is 1. The molecule has 7 heteroatoms. The summed E-state index contributed by atoms with van der Waals surface area (Å²) in [5, 5.41) is 4.77. The third kappa shape index (κ3) is 3.51. The first kappa shape index (κ1) is 22.0. The van der Waals surface area contributed by atoms with Crippen molar-refractivity contribution in [2.24, 2.45) is 17.3 Å². The van der Waals surface area contributed by atoms with E-state index in [-0.39, 0.29) is 16.2 Å². The van der Waals surface area contributed by atoms with Crippen LogP contribution in [0, 0.1) is 17.3 Å². The zero-order chi connectivity index (χ0) is 23.7. The summed E-state index contributed by atoms with van der Waals surface area (Å²) in [5.74, 6) is 1.04. The number of amides is 1. The lowest BCUT2D eigenvalue weighted by molar-refractivity contribution is -0.175. The molecule has 4 bridgehead atoms. The van der Waals surface area contributed by atoms with Crippen molar-refractivity contribution in [3.63, 3.8) is 0 Å². The maximum absolute atomic E-state index is 13.3. The van der Waals surface area contributed by atoms with E-state index in [2.05, 4.69) is 21.2 Å². The Bertz CT molecular complexity index is 1300. The number of fused-ring (bicyclic) bond motifs is 3. The maximum Gasteiger partial charge on any atom is 0.312 e. The van der Waals surface area contributed by atoms with E-state index in [1.165, 1.54) is 6.42 Å². The number of carbonyl (C=O) groups is 2. The van der Waals surface area contributed by atoms with Crippen LogP contribution in [0.2, 0.25) is 0 Å². The first-order valence-corrected chi connectivity index (χ1v) is 12.8. The van der Waals surface area contributed by atoms with Gasteiger partial charge >= 0.3 is 5.97 Å². The van der Waals surface area contributed by atoms with E-state index in [0.717, 1.165) is 48.5 Å². The van der Waals surface area contributed by atoms with Gasteiger partial charge in [0.25, 0.3) is 5.91 Å². The Morgan fingerprint density at radius 1 is 1.09 bits per heavy atom. The fourth-order valence-corrected chi connectivity index (χ4v) is 8.43. The Morgan fingerprint density at radius 3 is 2.53 bits per heavy atom. The highest BCUT2D eigenvalue weighted by Crippen LogP contribution is 2.64. The molecule has 3 aromatic rings. The minimum atomic E-state index is -0.914. The predicted molar refractivity (Wildman–Crippen MR) is 133 cm³/mol. The minimum Gasteiger partial charge on any atom is -0.495 e. The minimum absolute atomic E-state index is 0.0525. The lowest BCUT2D eigenvalue weighted by Gasteiger charge is -2.58. The molecule has 34 heavy (non-hydrogen) atoms. The Labute approximate surface area is 206 Å². The summed E-state index contributed by atoms with van der Waals surface area (Å²) in [4.78, 5) is 26.4. The molecule has 5 atom stereocenters. The topological polar surface area (TPSA) is 77.8 Å². The summed E-state index contributed by atoms with van der Waals surface area (Å²) in [7, 11) is 1.56. The van der Waals surface area contributed by atoms with Gasteiger partial charge in [0.15, 0.2) is 6.10 Å². The number of hydrogen-bond donors (Lipinski definition) is 1. The normalized spacial score (nSPS) is 30.4. The molecule has 4 aliphatic rings. The van der Waals surface area contributed by atoms with E-state index < -0.39 is 11.5 Å². The molecule has 4 saturated carbocycles. The first-order chi connectivity index (χ1) is 16.3. The Kier molecular flexibility index (Phi) is 5.00. The molecule has 1 heterocycles. The van der Waals surface area contributed by atoms with Gasteiger partial charge in [-0.25, -0.2) is 0 Å². The van der Waals surface area contributed by atoms with Crippen LogP contribution in [0.4, 0.5) is 5.69 Å². The predicted octanol–water partition coefficient (Wildman–Crippen LogP) is 6.20. The summed E-state index contributed by atoms with van der Waals surface area (Å²) >= 11 is 3.94. The summed E-state index contributed by atoms with van der Waals surface area (Å²) in [6, 6.07) is 11.4. The first-order valence-electron chi connectivity index (χ1n) is 12.0. The standard InChI is InChI=1S/C27H28BrNO5/c1-15(33-25(31)26-10-16-7-17(11-26)13-27(28,12-16)14-26)24(30)29-20-9-22-19(8-23(20)32-2)18-5-3-4-6-21(18)34-22/h3-6,8-9,15-17H,7,10-14H2,1-2H3,(H,29,30)/t15-,16-,17+,26?,27?/m0/s1. The molecule has 0 spiro atoms. The largest absolute Gasteiger partial charge is 0.495 e. The number of methoxy groups -OCH3 is 1. The van der Waals surface area contributed by atoms with Crippen molar-refractivity contribution in [2.75, 3.05) is 12.4 Å². The summed E-state index contributed by atoms with van der Waals surface area (Å²) in [6.45, 7) is 1.63. The van der Waals surface area contributed by atoms with Gasteiger partial charge < -0.3 is 19.2 Å². The second-order valence-electron chi connectivity index (χ2n) is 10.6. The van der Waals surface area contributed by atoms with Gasteiger partial charge in [-0.3, -0.25) is 9.59 Å². The van der Waals surface area contributed by atoms with Crippen molar-refractivity contribution in [1.82, 2.24) is 0 Å². The van der Waals surface area contributed by atoms with Crippen molar-refractivity contribution in [3.8, 4) is 5.75 Å². The molecular weight excluding hydrogens is 498 g/mol. The third-order valence-corrected chi connectivity index (χ3v) is 8.96. The average Bonchev–Trinajstić information content (AvgIpc) is 3.14. The molecule has 0 saturated heterocycles. The number of halogens is 1. The lowest BCUT2D eigenvalue weighted by atomic mass is 9.49. The highest BCUT2D eigenvalue weighted by molar-refractivity contribution is 9.10. The monoisotopic (exact) mass is 525 g/mol. The number of rotatable bonds is 5. The molecule has 2 unspecified atom stereocenters. The van der Waals surface area contributed by atoms with Crippen LogP contribution < -0.4 is 10.1 Å². The third-order valence-electron chi connectivity index (χ3n) is 8.03. The van der Waals surface area contributed by atoms with Crippen LogP contribution in [0.15, 0.2) is 40.8 Å². The molecule has 178 valence electrons. The number of alkyl halides is 1. The highest BCUT2D eigenvalue weighted by Gasteiger charge is 2.60. The molecule has 4 aliphatic carbocycles. The number of esters is 1. The summed E-state index contributed by atoms with van der Waals surface area (Å²) in [6.07, 6.45) is 5.13. The number of ether oxygens (including phenoxy) is 2. The van der Waals surface area contributed by atoms with Crippen LogP contribution in [0.5, 0.6) is 5.75 Å². The Morgan fingerprint density at radius 2 is 1.82 bits per heavy atom. The summed E-state index contributed by atoms with van der Waals surface area (Å²) < 4.78 is 17.3. The molecule has 4 fully saturated rings. The number of anilines is 1. The van der Waals surface area contributed by atoms with Gasteiger partial charge in [0, 0.05) is 21.2 Å². The fraction of sp³-hybridized carbons (Fsp3) is 0.481. The van der Waals surface area contributed by atoms with E-state index in [9.17, 15) is 9.59 Å². The van der Waals surface area contributed by atoms with Gasteiger partial charge in [-0.1, -0.05) is 34.1 Å². The maximum atomic E-state index is 13.3. The van der Waals surface area contributed by atoms with Crippen LogP contribution >= 0.6 is 15.9 Å². The number of carbonyl (C=O) groups excluding carboxylic acids is 2. The number of benzene rings is 2. The number of furan rings is 1. The fourth-order valence-electron chi connectivity index (χ4n) is 6.98. The molecule has 6 nitrogen and oxygen atoms in total. The molecule has 7 rings (SSSR count). The Hall–Kier alpha value is -2.54. The molecule has 2 aromatic carbocycles. The van der Waals surface area contributed by atoms with E-state index in [1.54, 1.807) is 20.1 Å². The number of nitrogens with one attached hydrogen (secondary N) is 1. The highest BCUT2D eigenvalue weighted by atomic mass is 79.9. The Balaban J connectivity index is 1.20. The van der Waals surface area contributed by atoms with Crippen LogP contribution in [0.1, 0.15) is 45.4 Å². The van der Waals surface area contributed by atoms with Crippen LogP contribution in [0.25, 0.3) is 21.9 Å². The van der Waals surface area contributed by atoms with Gasteiger partial charge in [0.1, 0.15) is 16.9 Å². The molecule has 0 radical (unpaired) electrons. The molecular formula is C27H28BrNO5. The molecule has 1 aromatic heterocycles.